The van der Waals surface area contributed by atoms with Crippen LogP contribution in [0.25, 0.3) is 0 Å². The lowest BCUT2D eigenvalue weighted by Gasteiger charge is -2.31. The molecule has 0 saturated carbocycles. The molecule has 0 amide bonds. The summed E-state index contributed by atoms with van der Waals surface area (Å²) in [7, 11) is 0. The summed E-state index contributed by atoms with van der Waals surface area (Å²) in [4.78, 5) is 13.5. The fraction of sp³-hybridized carbons (Fsp3) is 0.476. The highest BCUT2D eigenvalue weighted by molar-refractivity contribution is 9.11. The molecule has 1 aromatic carbocycles. The second kappa shape index (κ2) is 11.6. The Kier molecular flexibility index (Phi) is 8.80. The van der Waals surface area contributed by atoms with E-state index in [4.69, 9.17) is 10.7 Å². The Morgan fingerprint density at radius 3 is 2.19 bits per heavy atom. The topological polar surface area (TPSA) is 122 Å². The molecule has 0 atom stereocenters. The highest BCUT2D eigenvalue weighted by Gasteiger charge is 2.18. The van der Waals surface area contributed by atoms with Gasteiger partial charge in [0.2, 0.25) is 11.9 Å². The SMILES string of the molecule is C=C(N=C(N=C(N)N/N=C/c1cc(Br)c(O)c(Br)c1O)N1CCCCC1)N1CCCCC1. The number of hydrogen-bond acceptors (Lipinski definition) is 5. The normalized spacial score (nSPS) is 18.3. The first-order valence-corrected chi connectivity index (χ1v) is 12.3. The molecule has 174 valence electrons. The smallest absolute Gasteiger partial charge is 0.230 e. The summed E-state index contributed by atoms with van der Waals surface area (Å²) in [5.74, 6) is 1.08. The summed E-state index contributed by atoms with van der Waals surface area (Å²) in [6, 6.07) is 1.54. The zero-order valence-corrected chi connectivity index (χ0v) is 21.1. The zero-order chi connectivity index (χ0) is 23.1. The van der Waals surface area contributed by atoms with E-state index < -0.39 is 0 Å². The van der Waals surface area contributed by atoms with Crippen LogP contribution in [0.15, 0.2) is 42.5 Å². The molecule has 0 spiro atoms. The van der Waals surface area contributed by atoms with Crippen LogP contribution in [0.1, 0.15) is 44.1 Å². The van der Waals surface area contributed by atoms with Crippen LogP contribution in [0, 0.1) is 0 Å². The third kappa shape index (κ3) is 6.38. The van der Waals surface area contributed by atoms with Gasteiger partial charge in [0.1, 0.15) is 21.8 Å². The van der Waals surface area contributed by atoms with Crippen molar-refractivity contribution in [3.8, 4) is 11.5 Å². The fourth-order valence-electron chi connectivity index (χ4n) is 3.61. The summed E-state index contributed by atoms with van der Waals surface area (Å²) in [6.07, 6.45) is 8.28. The van der Waals surface area contributed by atoms with Crippen LogP contribution in [0.4, 0.5) is 0 Å². The number of aromatic hydroxyl groups is 2. The summed E-state index contributed by atoms with van der Waals surface area (Å²) in [5, 5.41) is 24.1. The van der Waals surface area contributed by atoms with Gasteiger partial charge in [-0.2, -0.15) is 15.1 Å². The minimum absolute atomic E-state index is 0.0772. The molecule has 9 nitrogen and oxygen atoms in total. The summed E-state index contributed by atoms with van der Waals surface area (Å²) < 4.78 is 0.590. The Balaban J connectivity index is 1.75. The first kappa shape index (κ1) is 24.4. The number of phenolic OH excluding ortho intramolecular Hbond substituents is 2. The number of nitrogens with two attached hydrogens (primary N) is 1. The minimum atomic E-state index is -0.139. The van der Waals surface area contributed by atoms with E-state index in [1.807, 2.05) is 0 Å². The van der Waals surface area contributed by atoms with Gasteiger partial charge in [-0.25, -0.2) is 5.43 Å². The second-order valence-corrected chi connectivity index (χ2v) is 9.40. The maximum Gasteiger partial charge on any atom is 0.230 e. The molecule has 2 saturated heterocycles. The van der Waals surface area contributed by atoms with E-state index in [1.54, 1.807) is 0 Å². The van der Waals surface area contributed by atoms with Gasteiger partial charge in [-0.1, -0.05) is 6.58 Å². The molecule has 0 aliphatic carbocycles. The van der Waals surface area contributed by atoms with Crippen molar-refractivity contribution in [3.63, 3.8) is 0 Å². The fourth-order valence-corrected chi connectivity index (χ4v) is 4.77. The Morgan fingerprint density at radius 1 is 0.969 bits per heavy atom. The number of piperidine rings is 2. The van der Waals surface area contributed by atoms with Gasteiger partial charge in [-0.3, -0.25) is 0 Å². The second-order valence-electron chi connectivity index (χ2n) is 7.75. The molecule has 3 rings (SSSR count). The molecule has 2 heterocycles. The minimum Gasteiger partial charge on any atom is -0.506 e. The van der Waals surface area contributed by atoms with E-state index in [-0.39, 0.29) is 21.9 Å². The first-order chi connectivity index (χ1) is 15.4. The molecule has 2 aliphatic heterocycles. The number of aliphatic imine (C=N–C) groups is 2. The van der Waals surface area contributed by atoms with Crippen LogP contribution >= 0.6 is 31.9 Å². The molecule has 0 unspecified atom stereocenters. The van der Waals surface area contributed by atoms with Gasteiger partial charge >= 0.3 is 0 Å². The third-order valence-corrected chi connectivity index (χ3v) is 6.75. The third-order valence-electron chi connectivity index (χ3n) is 5.39. The number of benzene rings is 1. The number of phenols is 2. The van der Waals surface area contributed by atoms with Gasteiger partial charge < -0.3 is 25.7 Å². The highest BCUT2D eigenvalue weighted by Crippen LogP contribution is 2.40. The molecule has 11 heteroatoms. The van der Waals surface area contributed by atoms with Gasteiger partial charge in [0.05, 0.1) is 10.7 Å². The predicted octanol–water partition coefficient (Wildman–Crippen LogP) is 3.66. The average Bonchev–Trinajstić information content (AvgIpc) is 2.81. The molecule has 32 heavy (non-hydrogen) atoms. The quantitative estimate of drug-likeness (QED) is 0.249. The maximum atomic E-state index is 10.2. The molecule has 2 aliphatic rings. The van der Waals surface area contributed by atoms with Crippen molar-refractivity contribution in [1.29, 1.82) is 0 Å². The van der Waals surface area contributed by atoms with E-state index in [1.165, 1.54) is 25.1 Å². The Morgan fingerprint density at radius 2 is 1.56 bits per heavy atom. The van der Waals surface area contributed by atoms with Gasteiger partial charge in [-0.05, 0) is 76.5 Å². The number of nitrogens with zero attached hydrogens (tertiary/aromatic N) is 5. The van der Waals surface area contributed by atoms with Crippen molar-refractivity contribution in [2.75, 3.05) is 26.2 Å². The largest absolute Gasteiger partial charge is 0.506 e. The molecule has 2 fully saturated rings. The van der Waals surface area contributed by atoms with E-state index in [9.17, 15) is 10.2 Å². The number of guanidine groups is 2. The Hall–Kier alpha value is -2.27. The van der Waals surface area contributed by atoms with E-state index in [0.717, 1.165) is 51.9 Å². The molecule has 0 aromatic heterocycles. The Bertz CT molecular complexity index is 921. The lowest BCUT2D eigenvalue weighted by Crippen LogP contribution is -2.38. The standard InChI is InChI=1S/C21H29Br2N7O2/c1-14(29-8-4-2-5-9-29)26-21(30-10-6-3-7-11-30)27-20(24)28-25-13-15-12-16(22)19(32)17(23)18(15)31/h12-13,31-32H,1-11H2,(H3,24,26,27,28)/b25-13+. The van der Waals surface area contributed by atoms with Gasteiger partial charge in [-0.15, -0.1) is 0 Å². The average molecular weight is 571 g/mol. The molecule has 0 radical (unpaired) electrons. The number of likely N-dealkylation sites (tertiary alicyclic amines) is 2. The van der Waals surface area contributed by atoms with Crippen LogP contribution in [0.2, 0.25) is 0 Å². The Labute approximate surface area is 205 Å². The van der Waals surface area contributed by atoms with Crippen molar-refractivity contribution in [2.45, 2.75) is 38.5 Å². The van der Waals surface area contributed by atoms with E-state index >= 15 is 0 Å². The number of rotatable bonds is 4. The van der Waals surface area contributed by atoms with Gasteiger partial charge in [0, 0.05) is 31.7 Å². The number of halogens is 2. The lowest BCUT2D eigenvalue weighted by molar-refractivity contribution is 0.281. The van der Waals surface area contributed by atoms with Crippen molar-refractivity contribution in [3.05, 3.63) is 33.0 Å². The predicted molar refractivity (Wildman–Crippen MR) is 135 cm³/mol. The van der Waals surface area contributed by atoms with E-state index in [0.29, 0.717) is 21.8 Å². The van der Waals surface area contributed by atoms with Crippen molar-refractivity contribution < 1.29 is 10.2 Å². The van der Waals surface area contributed by atoms with E-state index in [2.05, 4.69) is 63.8 Å². The first-order valence-electron chi connectivity index (χ1n) is 10.7. The van der Waals surface area contributed by atoms with Crippen molar-refractivity contribution in [1.82, 2.24) is 15.2 Å². The molecular formula is C21H29Br2N7O2. The van der Waals surface area contributed by atoms with Gasteiger partial charge in [0.25, 0.3) is 0 Å². The monoisotopic (exact) mass is 569 g/mol. The molecular weight excluding hydrogens is 542 g/mol. The highest BCUT2D eigenvalue weighted by atomic mass is 79.9. The lowest BCUT2D eigenvalue weighted by atomic mass is 10.1. The van der Waals surface area contributed by atoms with Crippen LogP contribution in [-0.2, 0) is 0 Å². The van der Waals surface area contributed by atoms with Crippen LogP contribution in [0.5, 0.6) is 11.5 Å². The van der Waals surface area contributed by atoms with Crippen molar-refractivity contribution >= 4 is 50.0 Å². The van der Waals surface area contributed by atoms with Crippen molar-refractivity contribution in [2.24, 2.45) is 20.8 Å². The summed E-state index contributed by atoms with van der Waals surface area (Å²) in [5.41, 5.74) is 9.13. The number of hydrazone groups is 1. The van der Waals surface area contributed by atoms with Crippen LogP contribution in [0.3, 0.4) is 0 Å². The van der Waals surface area contributed by atoms with Crippen LogP contribution in [-0.4, -0.2) is 64.3 Å². The molecule has 5 N–H and O–H groups in total. The maximum absolute atomic E-state index is 10.2. The molecule has 1 aromatic rings. The zero-order valence-electron chi connectivity index (χ0n) is 17.9. The number of nitrogens with one attached hydrogen (secondary N) is 1. The summed E-state index contributed by atoms with van der Waals surface area (Å²) in [6.45, 7) is 7.81. The van der Waals surface area contributed by atoms with Crippen LogP contribution < -0.4 is 11.2 Å². The molecule has 0 bridgehead atoms. The number of hydrogen-bond donors (Lipinski definition) is 4. The van der Waals surface area contributed by atoms with Gasteiger partial charge in [0.15, 0.2) is 0 Å². The summed E-state index contributed by atoms with van der Waals surface area (Å²) >= 11 is 6.37.